The lowest BCUT2D eigenvalue weighted by Crippen LogP contribution is -2.28. The van der Waals surface area contributed by atoms with Crippen LogP contribution in [0.2, 0.25) is 0 Å². The first kappa shape index (κ1) is 24.2. The molecule has 0 aliphatic heterocycles. The van der Waals surface area contributed by atoms with Gasteiger partial charge in [0, 0.05) is 17.5 Å². The Bertz CT molecular complexity index is 825. The van der Waals surface area contributed by atoms with Gasteiger partial charge in [-0.1, -0.05) is 47.1 Å². The van der Waals surface area contributed by atoms with Crippen molar-refractivity contribution < 1.29 is 19.0 Å². The fourth-order valence-corrected chi connectivity index (χ4v) is 3.40. The van der Waals surface area contributed by atoms with Crippen LogP contribution in [-0.2, 0) is 20.7 Å². The Hall–Kier alpha value is -2.11. The van der Waals surface area contributed by atoms with Crippen molar-refractivity contribution in [2.45, 2.75) is 46.6 Å². The number of carbonyl (C=O) groups is 1. The summed E-state index contributed by atoms with van der Waals surface area (Å²) in [5.74, 6) is 0.484. The summed E-state index contributed by atoms with van der Waals surface area (Å²) < 4.78 is 17.7. The molecule has 0 spiro atoms. The second kappa shape index (κ2) is 12.6. The fraction of sp³-hybridized carbons (Fsp3) is 0.400. The van der Waals surface area contributed by atoms with E-state index in [0.717, 1.165) is 22.2 Å². The summed E-state index contributed by atoms with van der Waals surface area (Å²) in [7, 11) is 0. The average Bonchev–Trinajstić information content (AvgIpc) is 2.75. The molecule has 0 fully saturated rings. The van der Waals surface area contributed by atoms with E-state index in [1.54, 1.807) is 6.92 Å². The highest BCUT2D eigenvalue weighted by Crippen LogP contribution is 2.24. The van der Waals surface area contributed by atoms with E-state index in [2.05, 4.69) is 54.0 Å². The van der Waals surface area contributed by atoms with Crippen molar-refractivity contribution in [1.82, 2.24) is 0 Å². The minimum Gasteiger partial charge on any atom is -0.489 e. The second-order valence-electron chi connectivity index (χ2n) is 6.92. The molecule has 5 heteroatoms. The van der Waals surface area contributed by atoms with E-state index >= 15 is 0 Å². The molecule has 0 saturated carbocycles. The van der Waals surface area contributed by atoms with Crippen LogP contribution >= 0.6 is 15.9 Å². The highest BCUT2D eigenvalue weighted by molar-refractivity contribution is 9.10. The molecule has 162 valence electrons. The highest BCUT2D eigenvalue weighted by Gasteiger charge is 2.20. The van der Waals surface area contributed by atoms with Gasteiger partial charge in [0.25, 0.3) is 0 Å². The molecule has 4 nitrogen and oxygen atoms in total. The smallest absolute Gasteiger partial charge is 0.335 e. The van der Waals surface area contributed by atoms with Gasteiger partial charge in [-0.15, -0.1) is 0 Å². The Kier molecular flexibility index (Phi) is 10.1. The zero-order valence-corrected chi connectivity index (χ0v) is 19.8. The van der Waals surface area contributed by atoms with Gasteiger partial charge in [-0.3, -0.25) is 0 Å². The number of ether oxygens (including phenoxy) is 3. The molecule has 0 aliphatic rings. The molecule has 0 heterocycles. The molecular weight excluding hydrogens is 444 g/mol. The van der Waals surface area contributed by atoms with Crippen LogP contribution in [0.15, 0.2) is 58.6 Å². The van der Waals surface area contributed by atoms with Crippen LogP contribution in [0, 0.1) is 0 Å². The minimum absolute atomic E-state index is 0.319. The van der Waals surface area contributed by atoms with Crippen molar-refractivity contribution in [2.24, 2.45) is 0 Å². The van der Waals surface area contributed by atoms with Gasteiger partial charge >= 0.3 is 5.97 Å². The van der Waals surface area contributed by atoms with Gasteiger partial charge < -0.3 is 14.2 Å². The summed E-state index contributed by atoms with van der Waals surface area (Å²) in [5, 5.41) is 0. The van der Waals surface area contributed by atoms with Crippen molar-refractivity contribution in [3.05, 3.63) is 69.7 Å². The Morgan fingerprint density at radius 2 is 1.63 bits per heavy atom. The van der Waals surface area contributed by atoms with Crippen LogP contribution < -0.4 is 4.74 Å². The predicted molar refractivity (Wildman–Crippen MR) is 125 cm³/mol. The van der Waals surface area contributed by atoms with Crippen LogP contribution in [-0.4, -0.2) is 31.9 Å². The van der Waals surface area contributed by atoms with Crippen molar-refractivity contribution in [3.63, 3.8) is 0 Å². The average molecular weight is 475 g/mol. The van der Waals surface area contributed by atoms with Crippen LogP contribution in [0.1, 0.15) is 45.2 Å². The van der Waals surface area contributed by atoms with E-state index in [4.69, 9.17) is 14.2 Å². The molecule has 1 atom stereocenters. The number of allylic oxidation sites excluding steroid dienone is 1. The summed E-state index contributed by atoms with van der Waals surface area (Å²) in [6.07, 6.45) is 0.829. The maximum Gasteiger partial charge on any atom is 0.335 e. The van der Waals surface area contributed by atoms with Crippen LogP contribution in [0.3, 0.4) is 0 Å². The molecule has 0 aliphatic carbocycles. The summed E-state index contributed by atoms with van der Waals surface area (Å²) in [6, 6.07) is 16.1. The molecule has 0 bridgehead atoms. The van der Waals surface area contributed by atoms with Gasteiger partial charge in [0.15, 0.2) is 6.10 Å². The summed E-state index contributed by atoms with van der Waals surface area (Å²) in [6.45, 7) is 9.31. The first-order valence-corrected chi connectivity index (χ1v) is 11.2. The third-order valence-electron chi connectivity index (χ3n) is 4.91. The van der Waals surface area contributed by atoms with E-state index in [1.165, 1.54) is 16.7 Å². The normalized spacial score (nSPS) is 12.8. The lowest BCUT2D eigenvalue weighted by molar-refractivity contribution is -0.156. The first-order valence-electron chi connectivity index (χ1n) is 10.4. The van der Waals surface area contributed by atoms with Crippen molar-refractivity contribution in [1.29, 1.82) is 0 Å². The third kappa shape index (κ3) is 7.29. The minimum atomic E-state index is -0.579. The molecule has 0 saturated heterocycles. The number of rotatable bonds is 11. The van der Waals surface area contributed by atoms with Crippen molar-refractivity contribution >= 4 is 27.5 Å². The van der Waals surface area contributed by atoms with Crippen LogP contribution in [0.25, 0.3) is 5.57 Å². The Morgan fingerprint density at radius 1 is 0.967 bits per heavy atom. The topological polar surface area (TPSA) is 44.8 Å². The largest absolute Gasteiger partial charge is 0.489 e. The van der Waals surface area contributed by atoms with Crippen molar-refractivity contribution in [3.8, 4) is 5.75 Å². The number of hydrogen-bond acceptors (Lipinski definition) is 4. The van der Waals surface area contributed by atoms with Gasteiger partial charge in [0.1, 0.15) is 12.4 Å². The summed E-state index contributed by atoms with van der Waals surface area (Å²) >= 11 is 3.48. The molecule has 2 aromatic carbocycles. The zero-order valence-electron chi connectivity index (χ0n) is 18.2. The number of halogens is 1. The monoisotopic (exact) mass is 474 g/mol. The molecule has 2 rings (SSSR count). The van der Waals surface area contributed by atoms with E-state index in [0.29, 0.717) is 26.2 Å². The number of hydrogen-bond donors (Lipinski definition) is 0. The maximum atomic E-state index is 12.0. The maximum absolute atomic E-state index is 12.0. The third-order valence-corrected chi connectivity index (χ3v) is 5.44. The molecule has 0 aromatic heterocycles. The van der Waals surface area contributed by atoms with Gasteiger partial charge in [-0.2, -0.15) is 0 Å². The quantitative estimate of drug-likeness (QED) is 0.362. The van der Waals surface area contributed by atoms with Crippen molar-refractivity contribution in [2.75, 3.05) is 19.8 Å². The van der Waals surface area contributed by atoms with Gasteiger partial charge in [-0.25, -0.2) is 4.79 Å². The Balaban J connectivity index is 2.01. The van der Waals surface area contributed by atoms with E-state index in [1.807, 2.05) is 31.2 Å². The molecule has 0 unspecified atom stereocenters. The van der Waals surface area contributed by atoms with Crippen LogP contribution in [0.5, 0.6) is 5.75 Å². The first-order chi connectivity index (χ1) is 14.5. The number of carbonyl (C=O) groups excluding carboxylic acids is 1. The van der Waals surface area contributed by atoms with E-state index in [-0.39, 0.29) is 5.97 Å². The zero-order chi connectivity index (χ0) is 21.9. The molecule has 0 radical (unpaired) electrons. The highest BCUT2D eigenvalue weighted by atomic mass is 79.9. The number of esters is 1. The van der Waals surface area contributed by atoms with Gasteiger partial charge in [0.05, 0.1) is 6.61 Å². The standard InChI is InChI=1S/C25H31BrO4/c1-5-20(18(4)21-10-12-22(26)13-11-21)17-30-23-14-8-19(9-15-23)16-24(28-6-2)25(27)29-7-3/h8-15,24H,5-7,16-17H2,1-4H3/b20-18+/t24-/m0/s1. The predicted octanol–water partition coefficient (Wildman–Crippen LogP) is 6.22. The SMILES string of the molecule is CCOC(=O)[C@H](Cc1ccc(OC/C(CC)=C(\C)c2ccc(Br)cc2)cc1)OCC. The molecule has 2 aromatic rings. The van der Waals surface area contributed by atoms with Crippen LogP contribution in [0.4, 0.5) is 0 Å². The lowest BCUT2D eigenvalue weighted by atomic mass is 10.0. The molecule has 0 amide bonds. The lowest BCUT2D eigenvalue weighted by Gasteiger charge is -2.16. The molecule has 0 N–H and O–H groups in total. The summed E-state index contributed by atoms with van der Waals surface area (Å²) in [4.78, 5) is 12.0. The summed E-state index contributed by atoms with van der Waals surface area (Å²) in [5.41, 5.74) is 4.72. The Morgan fingerprint density at radius 3 is 2.20 bits per heavy atom. The van der Waals surface area contributed by atoms with E-state index in [9.17, 15) is 4.79 Å². The Labute approximate surface area is 188 Å². The van der Waals surface area contributed by atoms with E-state index < -0.39 is 6.10 Å². The second-order valence-corrected chi connectivity index (χ2v) is 7.84. The molecule has 30 heavy (non-hydrogen) atoms. The fourth-order valence-electron chi connectivity index (χ4n) is 3.13. The van der Waals surface area contributed by atoms with Gasteiger partial charge in [-0.05, 0) is 73.7 Å². The van der Waals surface area contributed by atoms with Gasteiger partial charge in [0.2, 0.25) is 0 Å². The number of benzene rings is 2. The molecular formula is C25H31BrO4.